The zero-order valence-electron chi connectivity index (χ0n) is 19.6. The molecule has 2 N–H and O–H groups in total. The molecule has 0 spiro atoms. The fourth-order valence-corrected chi connectivity index (χ4v) is 4.85. The molecule has 5 heteroatoms. The lowest BCUT2D eigenvalue weighted by atomic mass is 9.85. The summed E-state index contributed by atoms with van der Waals surface area (Å²) in [6, 6.07) is 22.8. The molecule has 1 aliphatic rings. The van der Waals surface area contributed by atoms with Crippen molar-refractivity contribution >= 4 is 0 Å². The Bertz CT molecular complexity index is 1050. The van der Waals surface area contributed by atoms with Crippen LogP contribution in [0.5, 0.6) is 17.2 Å². The van der Waals surface area contributed by atoms with E-state index in [9.17, 15) is 5.11 Å². The number of para-hydroxylation sites is 1. The van der Waals surface area contributed by atoms with Crippen molar-refractivity contribution in [2.45, 2.75) is 37.3 Å². The van der Waals surface area contributed by atoms with Gasteiger partial charge in [-0.3, -0.25) is 0 Å². The van der Waals surface area contributed by atoms with E-state index in [-0.39, 0.29) is 12.0 Å². The van der Waals surface area contributed by atoms with Crippen LogP contribution in [-0.2, 0) is 12.8 Å². The fourth-order valence-electron chi connectivity index (χ4n) is 4.85. The van der Waals surface area contributed by atoms with E-state index in [1.54, 1.807) is 21.3 Å². The highest BCUT2D eigenvalue weighted by molar-refractivity contribution is 5.49. The second-order valence-electron chi connectivity index (χ2n) is 8.51. The fraction of sp³-hybridized carbons (Fsp3) is 0.357. The van der Waals surface area contributed by atoms with E-state index >= 15 is 0 Å². The quantitative estimate of drug-likeness (QED) is 0.511. The minimum Gasteiger partial charge on any atom is -0.496 e. The standard InChI is InChI=1S/C28H33NO4/c1-31-26-12-8-7-11-23(26)22(19-9-5-4-6-10-19)13-14-29-24-15-20-17-27(32-2)28(33-3)18-21(20)16-25(24)30/h4-12,17-18,22,24-25,29-30H,13-16H2,1-3H3/t22?,24-,25-/m0/s1. The van der Waals surface area contributed by atoms with Crippen molar-refractivity contribution in [1.29, 1.82) is 0 Å². The molecule has 4 rings (SSSR count). The monoisotopic (exact) mass is 447 g/mol. The molecule has 3 atom stereocenters. The molecule has 0 saturated heterocycles. The lowest BCUT2D eigenvalue weighted by Crippen LogP contribution is -2.46. The normalized spacial score (nSPS) is 18.3. The van der Waals surface area contributed by atoms with Gasteiger partial charge in [-0.1, -0.05) is 48.5 Å². The summed E-state index contributed by atoms with van der Waals surface area (Å²) >= 11 is 0. The van der Waals surface area contributed by atoms with E-state index in [0.29, 0.717) is 12.2 Å². The Labute approximate surface area is 196 Å². The van der Waals surface area contributed by atoms with Crippen LogP contribution in [0.3, 0.4) is 0 Å². The first kappa shape index (κ1) is 23.1. The summed E-state index contributed by atoms with van der Waals surface area (Å²) in [7, 11) is 5.01. The van der Waals surface area contributed by atoms with Gasteiger partial charge >= 0.3 is 0 Å². The minimum absolute atomic E-state index is 0.00954. The number of nitrogens with one attached hydrogen (secondary N) is 1. The summed E-state index contributed by atoms with van der Waals surface area (Å²) in [6.07, 6.45) is 1.80. The average molecular weight is 448 g/mol. The summed E-state index contributed by atoms with van der Waals surface area (Å²) in [4.78, 5) is 0. The Morgan fingerprint density at radius 1 is 0.818 bits per heavy atom. The molecule has 3 aromatic carbocycles. The lowest BCUT2D eigenvalue weighted by molar-refractivity contribution is 0.119. The Hall–Kier alpha value is -3.02. The number of hydrogen-bond donors (Lipinski definition) is 2. The molecule has 0 amide bonds. The number of aliphatic hydroxyl groups is 1. The van der Waals surface area contributed by atoms with Gasteiger partial charge in [0.25, 0.3) is 0 Å². The molecule has 0 fully saturated rings. The largest absolute Gasteiger partial charge is 0.496 e. The minimum atomic E-state index is -0.447. The van der Waals surface area contributed by atoms with Crippen molar-refractivity contribution in [2.75, 3.05) is 27.9 Å². The van der Waals surface area contributed by atoms with Crippen LogP contribution in [0, 0.1) is 0 Å². The average Bonchev–Trinajstić information content (AvgIpc) is 2.86. The van der Waals surface area contributed by atoms with Crippen LogP contribution in [0.1, 0.15) is 34.6 Å². The molecular weight excluding hydrogens is 414 g/mol. The van der Waals surface area contributed by atoms with Crippen LogP contribution in [-0.4, -0.2) is 45.1 Å². The van der Waals surface area contributed by atoms with E-state index in [0.717, 1.165) is 36.4 Å². The van der Waals surface area contributed by atoms with Gasteiger partial charge in [-0.2, -0.15) is 0 Å². The first-order chi connectivity index (χ1) is 16.1. The maximum atomic E-state index is 10.8. The van der Waals surface area contributed by atoms with Crippen LogP contribution in [0.25, 0.3) is 0 Å². The van der Waals surface area contributed by atoms with E-state index in [1.165, 1.54) is 16.7 Å². The summed E-state index contributed by atoms with van der Waals surface area (Å²) in [5, 5.41) is 14.5. The second kappa shape index (κ2) is 10.7. The van der Waals surface area contributed by atoms with Crippen molar-refractivity contribution in [2.24, 2.45) is 0 Å². The van der Waals surface area contributed by atoms with Crippen molar-refractivity contribution < 1.29 is 19.3 Å². The highest BCUT2D eigenvalue weighted by Gasteiger charge is 2.28. The smallest absolute Gasteiger partial charge is 0.161 e. The second-order valence-corrected chi connectivity index (χ2v) is 8.51. The summed E-state index contributed by atoms with van der Waals surface area (Å²) < 4.78 is 16.6. The summed E-state index contributed by atoms with van der Waals surface area (Å²) in [6.45, 7) is 0.780. The maximum Gasteiger partial charge on any atom is 0.161 e. The van der Waals surface area contributed by atoms with Crippen LogP contribution in [0.2, 0.25) is 0 Å². The van der Waals surface area contributed by atoms with Crippen LogP contribution in [0.15, 0.2) is 66.7 Å². The van der Waals surface area contributed by atoms with Crippen molar-refractivity contribution in [3.63, 3.8) is 0 Å². The lowest BCUT2D eigenvalue weighted by Gasteiger charge is -2.32. The molecule has 0 heterocycles. The van der Waals surface area contributed by atoms with Gasteiger partial charge in [0.1, 0.15) is 5.75 Å². The Kier molecular flexibility index (Phi) is 7.53. The van der Waals surface area contributed by atoms with Crippen LogP contribution in [0.4, 0.5) is 0 Å². The first-order valence-corrected chi connectivity index (χ1v) is 11.5. The van der Waals surface area contributed by atoms with E-state index in [2.05, 4.69) is 41.7 Å². The Morgan fingerprint density at radius 3 is 2.09 bits per heavy atom. The molecule has 1 aliphatic carbocycles. The number of rotatable bonds is 9. The highest BCUT2D eigenvalue weighted by Crippen LogP contribution is 2.36. The molecule has 5 nitrogen and oxygen atoms in total. The molecule has 0 bridgehead atoms. The summed E-state index contributed by atoms with van der Waals surface area (Å²) in [5.41, 5.74) is 4.75. The Morgan fingerprint density at radius 2 is 1.42 bits per heavy atom. The van der Waals surface area contributed by atoms with Crippen LogP contribution < -0.4 is 19.5 Å². The third-order valence-electron chi connectivity index (χ3n) is 6.59. The number of methoxy groups -OCH3 is 3. The zero-order valence-corrected chi connectivity index (χ0v) is 19.6. The predicted molar refractivity (Wildman–Crippen MR) is 131 cm³/mol. The molecule has 3 aromatic rings. The topological polar surface area (TPSA) is 60.0 Å². The third kappa shape index (κ3) is 5.15. The van der Waals surface area contributed by atoms with Gasteiger partial charge in [-0.05, 0) is 54.3 Å². The predicted octanol–water partition coefficient (Wildman–Crippen LogP) is 4.35. The third-order valence-corrected chi connectivity index (χ3v) is 6.59. The van der Waals surface area contributed by atoms with Gasteiger partial charge in [0.15, 0.2) is 11.5 Å². The van der Waals surface area contributed by atoms with Gasteiger partial charge in [0.2, 0.25) is 0 Å². The van der Waals surface area contributed by atoms with Gasteiger partial charge < -0.3 is 24.6 Å². The molecule has 0 radical (unpaired) electrons. The van der Waals surface area contributed by atoms with Crippen molar-refractivity contribution in [3.8, 4) is 17.2 Å². The van der Waals surface area contributed by atoms with Crippen molar-refractivity contribution in [1.82, 2.24) is 5.32 Å². The molecule has 0 aliphatic heterocycles. The zero-order chi connectivity index (χ0) is 23.2. The number of benzene rings is 3. The summed E-state index contributed by atoms with van der Waals surface area (Å²) in [5.74, 6) is 2.54. The number of ether oxygens (including phenoxy) is 3. The molecule has 0 aromatic heterocycles. The number of hydrogen-bond acceptors (Lipinski definition) is 5. The molecule has 1 unspecified atom stereocenters. The van der Waals surface area contributed by atoms with Gasteiger partial charge in [-0.15, -0.1) is 0 Å². The molecule has 33 heavy (non-hydrogen) atoms. The van der Waals surface area contributed by atoms with Gasteiger partial charge in [0, 0.05) is 23.9 Å². The van der Waals surface area contributed by atoms with Crippen molar-refractivity contribution in [3.05, 3.63) is 89.0 Å². The Balaban J connectivity index is 1.48. The van der Waals surface area contributed by atoms with E-state index < -0.39 is 6.10 Å². The maximum absolute atomic E-state index is 10.8. The number of aliphatic hydroxyl groups excluding tert-OH is 1. The molecule has 174 valence electrons. The molecule has 0 saturated carbocycles. The van der Waals surface area contributed by atoms with Crippen LogP contribution >= 0.6 is 0 Å². The van der Waals surface area contributed by atoms with E-state index in [4.69, 9.17) is 14.2 Å². The van der Waals surface area contributed by atoms with Gasteiger partial charge in [-0.25, -0.2) is 0 Å². The molecular formula is C28H33NO4. The van der Waals surface area contributed by atoms with E-state index in [1.807, 2.05) is 30.3 Å². The SMILES string of the molecule is COc1cc2c(cc1OC)C[C@H](O)[C@@H](NCCC(c1ccccc1)c1ccccc1OC)C2. The number of fused-ring (bicyclic) bond motifs is 1. The van der Waals surface area contributed by atoms with Gasteiger partial charge in [0.05, 0.1) is 27.4 Å². The highest BCUT2D eigenvalue weighted by atomic mass is 16.5. The first-order valence-electron chi connectivity index (χ1n) is 11.5.